The lowest BCUT2D eigenvalue weighted by Crippen LogP contribution is -2.47. The zero-order valence-electron chi connectivity index (χ0n) is 11.4. The molecule has 0 spiro atoms. The Morgan fingerprint density at radius 3 is 2.78 bits per heavy atom. The number of likely N-dealkylation sites (N-methyl/N-ethyl adjacent to an activating group) is 1. The summed E-state index contributed by atoms with van der Waals surface area (Å²) < 4.78 is 1.68. The van der Waals surface area contributed by atoms with Gasteiger partial charge >= 0.3 is 0 Å². The van der Waals surface area contributed by atoms with Crippen molar-refractivity contribution in [2.45, 2.75) is 25.2 Å². The normalized spacial score (nSPS) is 16.8. The molecule has 0 bridgehead atoms. The molecule has 3 N–H and O–H groups in total. The first-order valence-electron chi connectivity index (χ1n) is 6.12. The van der Waals surface area contributed by atoms with Crippen molar-refractivity contribution in [3.05, 3.63) is 18.5 Å². The second-order valence-corrected chi connectivity index (χ2v) is 5.25. The van der Waals surface area contributed by atoms with Gasteiger partial charge < -0.3 is 20.4 Å². The van der Waals surface area contributed by atoms with Gasteiger partial charge in [-0.15, -0.1) is 0 Å². The Labute approximate surface area is 108 Å². The van der Waals surface area contributed by atoms with Crippen LogP contribution in [0.15, 0.2) is 18.5 Å². The molecule has 2 unspecified atom stereocenters. The Morgan fingerprint density at radius 1 is 1.50 bits per heavy atom. The molecule has 1 rings (SSSR count). The van der Waals surface area contributed by atoms with E-state index in [0.717, 1.165) is 0 Å². The average Bonchev–Trinajstić information content (AvgIpc) is 2.67. The Hall–Kier alpha value is -0.950. The topological polar surface area (TPSA) is 73.6 Å². The van der Waals surface area contributed by atoms with Crippen molar-refractivity contribution >= 4 is 0 Å². The Bertz CT molecular complexity index is 325. The number of aromatic nitrogens is 2. The van der Waals surface area contributed by atoms with Gasteiger partial charge in [0.25, 0.3) is 0 Å². The van der Waals surface area contributed by atoms with E-state index in [0.29, 0.717) is 26.2 Å². The number of rotatable bonds is 8. The van der Waals surface area contributed by atoms with Gasteiger partial charge in [-0.05, 0) is 27.1 Å². The van der Waals surface area contributed by atoms with Crippen LogP contribution in [0.3, 0.4) is 0 Å². The highest BCUT2D eigenvalue weighted by Gasteiger charge is 2.21. The molecule has 0 radical (unpaired) electrons. The van der Waals surface area contributed by atoms with E-state index < -0.39 is 11.7 Å². The van der Waals surface area contributed by atoms with Gasteiger partial charge in [-0.25, -0.2) is 0 Å². The Balaban J connectivity index is 2.20. The summed E-state index contributed by atoms with van der Waals surface area (Å²) in [7, 11) is 3.84. The van der Waals surface area contributed by atoms with Crippen LogP contribution in [-0.2, 0) is 6.54 Å². The molecule has 6 heteroatoms. The van der Waals surface area contributed by atoms with Crippen molar-refractivity contribution in [1.82, 2.24) is 20.0 Å². The van der Waals surface area contributed by atoms with Crippen LogP contribution in [0.4, 0.5) is 0 Å². The molecule has 1 aromatic rings. The second-order valence-electron chi connectivity index (χ2n) is 5.25. The summed E-state index contributed by atoms with van der Waals surface area (Å²) in [5.74, 6) is 0. The van der Waals surface area contributed by atoms with Gasteiger partial charge in [0.15, 0.2) is 0 Å². The summed E-state index contributed by atoms with van der Waals surface area (Å²) in [6.45, 7) is 3.69. The maximum absolute atomic E-state index is 10.1. The summed E-state index contributed by atoms with van der Waals surface area (Å²) in [4.78, 5) is 1.93. The van der Waals surface area contributed by atoms with E-state index in [4.69, 9.17) is 0 Å². The fourth-order valence-corrected chi connectivity index (χ4v) is 1.93. The smallest absolute Gasteiger partial charge is 0.0869 e. The van der Waals surface area contributed by atoms with Crippen molar-refractivity contribution in [3.63, 3.8) is 0 Å². The molecule has 6 nitrogen and oxygen atoms in total. The van der Waals surface area contributed by atoms with Gasteiger partial charge in [-0.2, -0.15) is 5.10 Å². The minimum Gasteiger partial charge on any atom is -0.390 e. The lowest BCUT2D eigenvalue weighted by Gasteiger charge is -2.27. The van der Waals surface area contributed by atoms with Gasteiger partial charge in [0.05, 0.1) is 18.2 Å². The highest BCUT2D eigenvalue weighted by Crippen LogP contribution is 2.02. The molecule has 0 aromatic carbocycles. The van der Waals surface area contributed by atoms with Crippen molar-refractivity contribution in [2.75, 3.05) is 33.7 Å². The van der Waals surface area contributed by atoms with E-state index in [1.807, 2.05) is 31.3 Å². The van der Waals surface area contributed by atoms with Gasteiger partial charge in [-0.3, -0.25) is 4.68 Å². The van der Waals surface area contributed by atoms with Gasteiger partial charge in [-0.1, -0.05) is 0 Å². The third-order valence-corrected chi connectivity index (χ3v) is 2.50. The monoisotopic (exact) mass is 256 g/mol. The van der Waals surface area contributed by atoms with Crippen LogP contribution in [0.1, 0.15) is 6.92 Å². The summed E-state index contributed by atoms with van der Waals surface area (Å²) >= 11 is 0. The molecule has 0 aliphatic carbocycles. The molecular weight excluding hydrogens is 232 g/mol. The molecule has 0 aliphatic rings. The SMILES string of the molecule is CN(C)CC(C)(O)CNCC(O)Cn1cccn1. The first kappa shape index (κ1) is 15.1. The van der Waals surface area contributed by atoms with Crippen LogP contribution in [0.2, 0.25) is 0 Å². The predicted octanol–water partition coefficient (Wildman–Crippen LogP) is -0.854. The second kappa shape index (κ2) is 6.84. The highest BCUT2D eigenvalue weighted by molar-refractivity contribution is 4.80. The third kappa shape index (κ3) is 6.11. The molecule has 0 aliphatic heterocycles. The average molecular weight is 256 g/mol. The molecule has 0 fully saturated rings. The van der Waals surface area contributed by atoms with E-state index in [-0.39, 0.29) is 0 Å². The minimum atomic E-state index is -0.797. The number of nitrogens with one attached hydrogen (secondary N) is 1. The van der Waals surface area contributed by atoms with Crippen LogP contribution in [0.25, 0.3) is 0 Å². The fourth-order valence-electron chi connectivity index (χ4n) is 1.93. The molecular formula is C12H24N4O2. The van der Waals surface area contributed by atoms with Crippen LogP contribution >= 0.6 is 0 Å². The number of nitrogens with zero attached hydrogens (tertiary/aromatic N) is 3. The number of aliphatic hydroxyl groups is 2. The maximum Gasteiger partial charge on any atom is 0.0869 e. The quantitative estimate of drug-likeness (QED) is 0.565. The van der Waals surface area contributed by atoms with E-state index in [9.17, 15) is 10.2 Å². The molecule has 1 heterocycles. The summed E-state index contributed by atoms with van der Waals surface area (Å²) in [5.41, 5.74) is -0.797. The predicted molar refractivity (Wildman–Crippen MR) is 70.3 cm³/mol. The molecule has 0 saturated carbocycles. The van der Waals surface area contributed by atoms with Crippen LogP contribution in [0.5, 0.6) is 0 Å². The largest absolute Gasteiger partial charge is 0.390 e. The highest BCUT2D eigenvalue weighted by atomic mass is 16.3. The van der Waals surface area contributed by atoms with E-state index in [1.165, 1.54) is 0 Å². The summed E-state index contributed by atoms with van der Waals surface area (Å²) in [6.07, 6.45) is 2.98. The maximum atomic E-state index is 10.1. The Kier molecular flexibility index (Phi) is 5.74. The zero-order chi connectivity index (χ0) is 13.6. The van der Waals surface area contributed by atoms with Gasteiger partial charge in [0.1, 0.15) is 0 Å². The van der Waals surface area contributed by atoms with E-state index >= 15 is 0 Å². The van der Waals surface area contributed by atoms with Crippen LogP contribution < -0.4 is 5.32 Å². The number of hydrogen-bond acceptors (Lipinski definition) is 5. The van der Waals surface area contributed by atoms with Crippen molar-refractivity contribution in [1.29, 1.82) is 0 Å². The first-order chi connectivity index (χ1) is 8.39. The fraction of sp³-hybridized carbons (Fsp3) is 0.750. The number of aliphatic hydroxyl groups excluding tert-OH is 1. The first-order valence-corrected chi connectivity index (χ1v) is 6.12. The van der Waals surface area contributed by atoms with Crippen LogP contribution in [0, 0.1) is 0 Å². The van der Waals surface area contributed by atoms with Gasteiger partial charge in [0, 0.05) is 32.0 Å². The van der Waals surface area contributed by atoms with Gasteiger partial charge in [0.2, 0.25) is 0 Å². The molecule has 18 heavy (non-hydrogen) atoms. The van der Waals surface area contributed by atoms with Crippen molar-refractivity contribution in [2.24, 2.45) is 0 Å². The lowest BCUT2D eigenvalue weighted by atomic mass is 10.1. The molecule has 2 atom stereocenters. The Morgan fingerprint density at radius 2 is 2.22 bits per heavy atom. The van der Waals surface area contributed by atoms with Crippen molar-refractivity contribution < 1.29 is 10.2 Å². The number of hydrogen-bond donors (Lipinski definition) is 3. The minimum absolute atomic E-state index is 0.434. The third-order valence-electron chi connectivity index (χ3n) is 2.50. The van der Waals surface area contributed by atoms with E-state index in [2.05, 4.69) is 10.4 Å². The van der Waals surface area contributed by atoms with E-state index in [1.54, 1.807) is 17.8 Å². The molecule has 1 aromatic heterocycles. The molecule has 0 saturated heterocycles. The lowest BCUT2D eigenvalue weighted by molar-refractivity contribution is 0.0302. The van der Waals surface area contributed by atoms with Crippen LogP contribution in [-0.4, -0.2) is 70.3 Å². The summed E-state index contributed by atoms with van der Waals surface area (Å²) in [6, 6.07) is 1.82. The zero-order valence-corrected chi connectivity index (χ0v) is 11.4. The molecule has 0 amide bonds. The molecule has 104 valence electrons. The standard InChI is InChI=1S/C12H24N4O2/c1-12(18,10-15(2)3)9-13-7-11(17)8-16-6-4-5-14-16/h4-6,11,13,17-18H,7-10H2,1-3H3. The summed E-state index contributed by atoms with van der Waals surface area (Å²) in [5, 5.41) is 26.9. The van der Waals surface area contributed by atoms with Crippen molar-refractivity contribution in [3.8, 4) is 0 Å².